The number of nitrogen functional groups attached to an aromatic ring is 1. The van der Waals surface area contributed by atoms with E-state index in [1.165, 1.54) is 13.2 Å². The zero-order valence-corrected chi connectivity index (χ0v) is 18.2. The summed E-state index contributed by atoms with van der Waals surface area (Å²) in [5.41, 5.74) is 4.08. The first-order chi connectivity index (χ1) is 15.8. The summed E-state index contributed by atoms with van der Waals surface area (Å²) in [4.78, 5) is 41.7. The molecular formula is C23H24F2N4O4. The summed E-state index contributed by atoms with van der Waals surface area (Å²) in [6.45, 7) is 1.87. The Morgan fingerprint density at radius 3 is 2.58 bits per heavy atom. The number of carbonyl (C=O) groups is 1. The number of unbranched alkanes of at least 4 members (excludes halogenated alkanes) is 1. The molecule has 10 heteroatoms. The van der Waals surface area contributed by atoms with Crippen LogP contribution in [-0.4, -0.2) is 22.6 Å². The second-order valence-electron chi connectivity index (χ2n) is 7.30. The molecule has 3 N–H and O–H groups in total. The molecule has 0 aliphatic rings. The van der Waals surface area contributed by atoms with Gasteiger partial charge in [0.15, 0.2) is 17.3 Å². The quantitative estimate of drug-likeness (QED) is 0.539. The Labute approximate surface area is 188 Å². The molecule has 174 valence electrons. The molecule has 0 radical (unpaired) electrons. The fourth-order valence-electron chi connectivity index (χ4n) is 3.45. The first kappa shape index (κ1) is 23.7. The number of anilines is 2. The van der Waals surface area contributed by atoms with Gasteiger partial charge < -0.3 is 10.5 Å². The van der Waals surface area contributed by atoms with Crippen molar-refractivity contribution in [3.05, 3.63) is 86.1 Å². The molecular weight excluding hydrogens is 434 g/mol. The summed E-state index contributed by atoms with van der Waals surface area (Å²) in [6, 6.07) is 9.87. The van der Waals surface area contributed by atoms with Gasteiger partial charge in [-0.1, -0.05) is 37.6 Å². The number of hydrogen-bond donors (Lipinski definition) is 2. The molecule has 0 atom stereocenters. The van der Waals surface area contributed by atoms with Gasteiger partial charge in [-0.15, -0.1) is 0 Å². The molecule has 0 aliphatic carbocycles. The molecule has 0 aliphatic heterocycles. The van der Waals surface area contributed by atoms with E-state index in [1.807, 2.05) is 6.92 Å². The van der Waals surface area contributed by atoms with Crippen molar-refractivity contribution in [1.82, 2.24) is 9.55 Å². The number of carbonyl (C=O) groups excluding carboxylic acids is 1. The van der Waals surface area contributed by atoms with Gasteiger partial charge in [-0.05, 0) is 24.6 Å². The smallest absolute Gasteiger partial charge is 0.330 e. The minimum absolute atomic E-state index is 0.204. The van der Waals surface area contributed by atoms with E-state index in [2.05, 4.69) is 4.98 Å². The van der Waals surface area contributed by atoms with E-state index >= 15 is 0 Å². The number of nitrogens with one attached hydrogen (secondary N) is 1. The summed E-state index contributed by atoms with van der Waals surface area (Å²) < 4.78 is 34.8. The molecule has 1 aromatic heterocycles. The highest BCUT2D eigenvalue weighted by Gasteiger charge is 2.28. The number of methoxy groups -OCH3 is 1. The molecule has 1 heterocycles. The number of ether oxygens (including phenoxy) is 1. The molecule has 1 amide bonds. The standard InChI is InChI=1S/C23H24F2N4O4/c1-3-4-12-28-20(26)19(21(30)27-23(28)32)29(13-14-8-5-6-11-17(14)33-2)22(31)15-9-7-10-16(24)18(15)25/h5-11H,3-4,12-13,26H2,1-2H3,(H,27,30,32). The second kappa shape index (κ2) is 10.1. The third-order valence-corrected chi connectivity index (χ3v) is 5.17. The maximum atomic E-state index is 14.5. The van der Waals surface area contributed by atoms with E-state index in [-0.39, 0.29) is 24.6 Å². The van der Waals surface area contributed by atoms with Crippen LogP contribution in [0.5, 0.6) is 5.75 Å². The van der Waals surface area contributed by atoms with Crippen LogP contribution in [0, 0.1) is 11.6 Å². The number of nitrogens with zero attached hydrogens (tertiary/aromatic N) is 2. The van der Waals surface area contributed by atoms with E-state index < -0.39 is 34.4 Å². The van der Waals surface area contributed by atoms with E-state index in [0.29, 0.717) is 17.7 Å². The Morgan fingerprint density at radius 1 is 1.15 bits per heavy atom. The normalized spacial score (nSPS) is 10.8. The van der Waals surface area contributed by atoms with Crippen molar-refractivity contribution in [2.75, 3.05) is 17.7 Å². The summed E-state index contributed by atoms with van der Waals surface area (Å²) in [6.07, 6.45) is 1.34. The Kier molecular flexibility index (Phi) is 7.27. The Hall–Kier alpha value is -3.95. The lowest BCUT2D eigenvalue weighted by molar-refractivity contribution is 0.0979. The minimum Gasteiger partial charge on any atom is -0.496 e. The topological polar surface area (TPSA) is 110 Å². The van der Waals surface area contributed by atoms with Crippen LogP contribution in [0.2, 0.25) is 0 Å². The van der Waals surface area contributed by atoms with Crippen molar-refractivity contribution >= 4 is 17.4 Å². The molecule has 3 rings (SSSR count). The number of para-hydroxylation sites is 1. The number of amides is 1. The minimum atomic E-state index is -1.36. The van der Waals surface area contributed by atoms with Crippen molar-refractivity contribution in [2.24, 2.45) is 0 Å². The van der Waals surface area contributed by atoms with Crippen molar-refractivity contribution in [1.29, 1.82) is 0 Å². The van der Waals surface area contributed by atoms with Crippen LogP contribution < -0.4 is 26.6 Å². The highest BCUT2D eigenvalue weighted by Crippen LogP contribution is 2.27. The summed E-state index contributed by atoms with van der Waals surface area (Å²) in [5, 5.41) is 0. The van der Waals surface area contributed by atoms with Gasteiger partial charge in [0.05, 0.1) is 19.2 Å². The predicted molar refractivity (Wildman–Crippen MR) is 121 cm³/mol. The molecule has 0 saturated carbocycles. The van der Waals surface area contributed by atoms with Crippen LogP contribution in [0.1, 0.15) is 35.7 Å². The largest absolute Gasteiger partial charge is 0.496 e. The second-order valence-corrected chi connectivity index (χ2v) is 7.30. The summed E-state index contributed by atoms with van der Waals surface area (Å²) in [5.74, 6) is -3.42. The van der Waals surface area contributed by atoms with Gasteiger partial charge in [0.1, 0.15) is 11.6 Å². The van der Waals surface area contributed by atoms with Gasteiger partial charge in [0.25, 0.3) is 11.5 Å². The Morgan fingerprint density at radius 2 is 1.88 bits per heavy atom. The molecule has 0 spiro atoms. The van der Waals surface area contributed by atoms with Crippen molar-refractivity contribution in [3.8, 4) is 5.75 Å². The maximum absolute atomic E-state index is 14.5. The SMILES string of the molecule is CCCCn1c(N)c(N(Cc2ccccc2OC)C(=O)c2cccc(F)c2F)c(=O)[nH]c1=O. The van der Waals surface area contributed by atoms with Gasteiger partial charge >= 0.3 is 5.69 Å². The average molecular weight is 458 g/mol. The number of rotatable bonds is 8. The van der Waals surface area contributed by atoms with E-state index in [9.17, 15) is 23.2 Å². The van der Waals surface area contributed by atoms with Crippen LogP contribution >= 0.6 is 0 Å². The zero-order valence-electron chi connectivity index (χ0n) is 18.2. The van der Waals surface area contributed by atoms with Crippen LogP contribution in [0.3, 0.4) is 0 Å². The number of aromatic nitrogens is 2. The number of halogens is 2. The van der Waals surface area contributed by atoms with Crippen LogP contribution in [-0.2, 0) is 13.1 Å². The first-order valence-corrected chi connectivity index (χ1v) is 10.3. The highest BCUT2D eigenvalue weighted by molar-refractivity contribution is 6.07. The predicted octanol–water partition coefficient (Wildman–Crippen LogP) is 3.05. The van der Waals surface area contributed by atoms with E-state index in [4.69, 9.17) is 10.5 Å². The van der Waals surface area contributed by atoms with Gasteiger partial charge in [0, 0.05) is 12.1 Å². The van der Waals surface area contributed by atoms with Gasteiger partial charge in [-0.25, -0.2) is 13.6 Å². The summed E-state index contributed by atoms with van der Waals surface area (Å²) in [7, 11) is 1.43. The molecule has 3 aromatic rings. The van der Waals surface area contributed by atoms with E-state index in [1.54, 1.807) is 24.3 Å². The van der Waals surface area contributed by atoms with Gasteiger partial charge in [-0.3, -0.25) is 24.0 Å². The Bertz CT molecular complexity index is 1290. The Balaban J connectivity index is 2.23. The highest BCUT2D eigenvalue weighted by atomic mass is 19.2. The molecule has 2 aromatic carbocycles. The van der Waals surface area contributed by atoms with Gasteiger partial charge in [0.2, 0.25) is 0 Å². The van der Waals surface area contributed by atoms with E-state index in [0.717, 1.165) is 28.0 Å². The number of H-pyrrole nitrogens is 1. The molecule has 8 nitrogen and oxygen atoms in total. The molecule has 0 fully saturated rings. The van der Waals surface area contributed by atoms with Crippen LogP contribution in [0.4, 0.5) is 20.3 Å². The van der Waals surface area contributed by atoms with Crippen LogP contribution in [0.25, 0.3) is 0 Å². The van der Waals surface area contributed by atoms with Crippen LogP contribution in [0.15, 0.2) is 52.1 Å². The lowest BCUT2D eigenvalue weighted by atomic mass is 10.1. The first-order valence-electron chi connectivity index (χ1n) is 10.3. The van der Waals surface area contributed by atoms with Crippen molar-refractivity contribution < 1.29 is 18.3 Å². The molecule has 0 bridgehead atoms. The van der Waals surface area contributed by atoms with Gasteiger partial charge in [-0.2, -0.15) is 0 Å². The van der Waals surface area contributed by atoms with Crippen molar-refractivity contribution in [3.63, 3.8) is 0 Å². The third-order valence-electron chi connectivity index (χ3n) is 5.17. The molecule has 0 saturated heterocycles. The molecule has 33 heavy (non-hydrogen) atoms. The fourth-order valence-corrected chi connectivity index (χ4v) is 3.45. The number of nitrogens with two attached hydrogens (primary N) is 1. The zero-order chi connectivity index (χ0) is 24.1. The van der Waals surface area contributed by atoms with Crippen molar-refractivity contribution in [2.45, 2.75) is 32.9 Å². The molecule has 0 unspecified atom stereocenters. The maximum Gasteiger partial charge on any atom is 0.330 e. The lowest BCUT2D eigenvalue weighted by Crippen LogP contribution is -2.41. The summed E-state index contributed by atoms with van der Waals surface area (Å²) >= 11 is 0. The number of aromatic amines is 1. The number of hydrogen-bond acceptors (Lipinski definition) is 5. The number of benzene rings is 2. The fraction of sp³-hybridized carbons (Fsp3) is 0.261. The monoisotopic (exact) mass is 458 g/mol. The third kappa shape index (κ3) is 4.79. The average Bonchev–Trinajstić information content (AvgIpc) is 2.79. The lowest BCUT2D eigenvalue weighted by Gasteiger charge is -2.25.